The molecule has 3 aliphatic heterocycles. The third-order valence-corrected chi connectivity index (χ3v) is 6.26. The van der Waals surface area contributed by atoms with E-state index in [1.165, 1.54) is 29.7 Å². The van der Waals surface area contributed by atoms with Crippen molar-refractivity contribution in [3.05, 3.63) is 59.2 Å². The topological polar surface area (TPSA) is 24.9 Å². The monoisotopic (exact) mass is 350 g/mol. The largest absolute Gasteiger partial charge is 0.454 e. The molecule has 136 valence electrons. The molecule has 1 fully saturated rings. The van der Waals surface area contributed by atoms with E-state index in [1.54, 1.807) is 0 Å². The van der Waals surface area contributed by atoms with Crippen LogP contribution >= 0.6 is 0 Å². The Morgan fingerprint density at radius 1 is 1.04 bits per heavy atom. The van der Waals surface area contributed by atoms with Gasteiger partial charge in [0.2, 0.25) is 6.79 Å². The van der Waals surface area contributed by atoms with Gasteiger partial charge in [-0.05, 0) is 49.5 Å². The highest BCUT2D eigenvalue weighted by molar-refractivity contribution is 5.54. The number of hydrogen-bond donors (Lipinski definition) is 0. The van der Waals surface area contributed by atoms with Crippen molar-refractivity contribution in [3.63, 3.8) is 0 Å². The molecule has 0 bridgehead atoms. The molecule has 2 aromatic rings. The predicted octanol–water partition coefficient (Wildman–Crippen LogP) is 3.43. The van der Waals surface area contributed by atoms with Gasteiger partial charge >= 0.3 is 0 Å². The Bertz CT molecular complexity index is 792. The van der Waals surface area contributed by atoms with Gasteiger partial charge in [-0.3, -0.25) is 4.90 Å². The Morgan fingerprint density at radius 3 is 2.81 bits per heavy atom. The van der Waals surface area contributed by atoms with Crippen LogP contribution in [-0.4, -0.2) is 49.8 Å². The Labute approximate surface area is 155 Å². The van der Waals surface area contributed by atoms with Crippen molar-refractivity contribution in [3.8, 4) is 11.5 Å². The molecule has 0 aromatic heterocycles. The summed E-state index contributed by atoms with van der Waals surface area (Å²) < 4.78 is 11.3. The summed E-state index contributed by atoms with van der Waals surface area (Å²) in [4.78, 5) is 5.14. The lowest BCUT2D eigenvalue weighted by molar-refractivity contribution is 0.163. The SMILES string of the molecule is CN1CCc2c(ccc3c2OCO3)[C@H]1CN1CC[C@@H](c2ccccc2)C1. The summed E-state index contributed by atoms with van der Waals surface area (Å²) in [6.45, 7) is 4.87. The minimum Gasteiger partial charge on any atom is -0.454 e. The van der Waals surface area contributed by atoms with Gasteiger partial charge in [-0.15, -0.1) is 0 Å². The zero-order valence-corrected chi connectivity index (χ0v) is 15.4. The molecular weight excluding hydrogens is 324 g/mol. The average molecular weight is 350 g/mol. The normalized spacial score (nSPS) is 25.4. The molecule has 5 rings (SSSR count). The maximum Gasteiger partial charge on any atom is 0.231 e. The maximum absolute atomic E-state index is 5.77. The minimum absolute atomic E-state index is 0.358. The molecule has 3 heterocycles. The van der Waals surface area contributed by atoms with E-state index in [-0.39, 0.29) is 0 Å². The highest BCUT2D eigenvalue weighted by Gasteiger charge is 2.33. The van der Waals surface area contributed by atoms with Crippen LogP contribution in [0.4, 0.5) is 0 Å². The van der Waals surface area contributed by atoms with Crippen LogP contribution in [0.2, 0.25) is 0 Å². The van der Waals surface area contributed by atoms with Crippen LogP contribution in [0.5, 0.6) is 11.5 Å². The molecule has 0 saturated carbocycles. The lowest BCUT2D eigenvalue weighted by atomic mass is 9.91. The molecule has 2 atom stereocenters. The van der Waals surface area contributed by atoms with Gasteiger partial charge in [-0.25, -0.2) is 0 Å². The minimum atomic E-state index is 0.358. The molecule has 4 heteroatoms. The van der Waals surface area contributed by atoms with E-state index < -0.39 is 0 Å². The first-order valence-electron chi connectivity index (χ1n) is 9.68. The van der Waals surface area contributed by atoms with Gasteiger partial charge in [0.25, 0.3) is 0 Å². The van der Waals surface area contributed by atoms with Crippen molar-refractivity contribution in [2.24, 2.45) is 0 Å². The van der Waals surface area contributed by atoms with Crippen LogP contribution in [0.25, 0.3) is 0 Å². The van der Waals surface area contributed by atoms with Crippen LogP contribution in [0.1, 0.15) is 35.1 Å². The second-order valence-electron chi connectivity index (χ2n) is 7.77. The fourth-order valence-electron chi connectivity index (χ4n) is 4.77. The molecule has 1 saturated heterocycles. The number of likely N-dealkylation sites (tertiary alicyclic amines) is 1. The van der Waals surface area contributed by atoms with Crippen LogP contribution in [-0.2, 0) is 6.42 Å². The summed E-state index contributed by atoms with van der Waals surface area (Å²) in [5.74, 6) is 2.57. The van der Waals surface area contributed by atoms with Gasteiger partial charge in [-0.1, -0.05) is 36.4 Å². The van der Waals surface area contributed by atoms with Gasteiger partial charge < -0.3 is 14.4 Å². The van der Waals surface area contributed by atoms with Crippen LogP contribution < -0.4 is 9.47 Å². The van der Waals surface area contributed by atoms with E-state index in [9.17, 15) is 0 Å². The highest BCUT2D eigenvalue weighted by atomic mass is 16.7. The molecule has 0 amide bonds. The molecule has 4 nitrogen and oxygen atoms in total. The van der Waals surface area contributed by atoms with Crippen molar-refractivity contribution in [1.29, 1.82) is 0 Å². The van der Waals surface area contributed by atoms with Gasteiger partial charge in [0, 0.05) is 31.2 Å². The van der Waals surface area contributed by atoms with Gasteiger partial charge in [0.05, 0.1) is 0 Å². The molecule has 0 N–H and O–H groups in total. The lowest BCUT2D eigenvalue weighted by Crippen LogP contribution is -2.39. The number of ether oxygens (including phenoxy) is 2. The molecule has 2 aromatic carbocycles. The highest BCUT2D eigenvalue weighted by Crippen LogP contribution is 2.43. The summed E-state index contributed by atoms with van der Waals surface area (Å²) in [6.07, 6.45) is 2.30. The van der Waals surface area contributed by atoms with Crippen LogP contribution in [0.3, 0.4) is 0 Å². The van der Waals surface area contributed by atoms with Crippen molar-refractivity contribution in [2.45, 2.75) is 24.8 Å². The van der Waals surface area contributed by atoms with Crippen molar-refractivity contribution >= 4 is 0 Å². The summed E-state index contributed by atoms with van der Waals surface area (Å²) >= 11 is 0. The number of benzene rings is 2. The Morgan fingerprint density at radius 2 is 1.92 bits per heavy atom. The van der Waals surface area contributed by atoms with Gasteiger partial charge in [0.1, 0.15) is 0 Å². The second kappa shape index (κ2) is 6.60. The fourth-order valence-corrected chi connectivity index (χ4v) is 4.77. The van der Waals surface area contributed by atoms with Crippen molar-refractivity contribution in [1.82, 2.24) is 9.80 Å². The first-order chi connectivity index (χ1) is 12.8. The Balaban J connectivity index is 1.35. The molecular formula is C22H26N2O2. The second-order valence-corrected chi connectivity index (χ2v) is 7.77. The van der Waals surface area contributed by atoms with E-state index in [2.05, 4.69) is 59.3 Å². The average Bonchev–Trinajstić information content (AvgIpc) is 3.34. The van der Waals surface area contributed by atoms with Crippen molar-refractivity contribution in [2.75, 3.05) is 40.0 Å². The summed E-state index contributed by atoms with van der Waals surface area (Å²) in [5, 5.41) is 0. The van der Waals surface area contributed by atoms with E-state index in [0.717, 1.165) is 37.6 Å². The first-order valence-corrected chi connectivity index (χ1v) is 9.68. The smallest absolute Gasteiger partial charge is 0.231 e. The van der Waals surface area contributed by atoms with Gasteiger partial charge in [-0.2, -0.15) is 0 Å². The van der Waals surface area contributed by atoms with E-state index >= 15 is 0 Å². The van der Waals surface area contributed by atoms with Crippen molar-refractivity contribution < 1.29 is 9.47 Å². The molecule has 0 aliphatic carbocycles. The van der Waals surface area contributed by atoms with E-state index in [0.29, 0.717) is 18.8 Å². The Kier molecular flexibility index (Phi) is 4.10. The zero-order chi connectivity index (χ0) is 17.5. The summed E-state index contributed by atoms with van der Waals surface area (Å²) in [5.41, 5.74) is 4.27. The van der Waals surface area contributed by atoms with E-state index in [4.69, 9.17) is 9.47 Å². The quantitative estimate of drug-likeness (QED) is 0.847. The molecule has 0 unspecified atom stereocenters. The van der Waals surface area contributed by atoms with Gasteiger partial charge in [0.15, 0.2) is 11.5 Å². The fraction of sp³-hybridized carbons (Fsp3) is 0.455. The van der Waals surface area contributed by atoms with Crippen LogP contribution in [0, 0.1) is 0 Å². The maximum atomic E-state index is 5.77. The molecule has 3 aliphatic rings. The number of hydrogen-bond acceptors (Lipinski definition) is 4. The lowest BCUT2D eigenvalue weighted by Gasteiger charge is -2.37. The third kappa shape index (κ3) is 2.78. The standard InChI is InChI=1S/C22H26N2O2/c1-23-11-10-19-18(7-8-21-22(19)26-15-25-21)20(23)14-24-12-9-17(13-24)16-5-3-2-4-6-16/h2-8,17,20H,9-15H2,1H3/t17-,20-/m1/s1. The Hall–Kier alpha value is -2.04. The summed E-state index contributed by atoms with van der Waals surface area (Å²) in [6, 6.07) is 15.8. The third-order valence-electron chi connectivity index (χ3n) is 6.26. The number of likely N-dealkylation sites (N-methyl/N-ethyl adjacent to an activating group) is 1. The molecule has 0 radical (unpaired) electrons. The number of rotatable bonds is 3. The zero-order valence-electron chi connectivity index (χ0n) is 15.4. The number of fused-ring (bicyclic) bond motifs is 3. The molecule has 0 spiro atoms. The van der Waals surface area contributed by atoms with E-state index in [1.807, 2.05) is 0 Å². The first kappa shape index (κ1) is 16.2. The predicted molar refractivity (Wildman–Crippen MR) is 102 cm³/mol. The summed E-state index contributed by atoms with van der Waals surface area (Å²) in [7, 11) is 2.25. The molecule has 26 heavy (non-hydrogen) atoms. The number of nitrogens with zero attached hydrogens (tertiary/aromatic N) is 2. The van der Waals surface area contributed by atoms with Crippen LogP contribution in [0.15, 0.2) is 42.5 Å².